The minimum atomic E-state index is -0.890. The van der Waals surface area contributed by atoms with Gasteiger partial charge >= 0.3 is 0 Å². The predicted octanol–water partition coefficient (Wildman–Crippen LogP) is 2.84. The Morgan fingerprint density at radius 1 is 1.53 bits per heavy atom. The average molecular weight is 254 g/mol. The Morgan fingerprint density at radius 2 is 2.41 bits per heavy atom. The van der Waals surface area contributed by atoms with E-state index in [2.05, 4.69) is 6.07 Å². The van der Waals surface area contributed by atoms with E-state index in [4.69, 9.17) is 9.47 Å². The summed E-state index contributed by atoms with van der Waals surface area (Å²) < 4.78 is 24.4. The molecule has 2 unspecified atom stereocenters. The zero-order valence-electron chi connectivity index (χ0n) is 9.74. The number of thioether (sulfide) groups is 1. The van der Waals surface area contributed by atoms with E-state index in [0.29, 0.717) is 6.61 Å². The van der Waals surface area contributed by atoms with Gasteiger partial charge in [-0.3, -0.25) is 0 Å². The molecule has 2 aliphatic heterocycles. The summed E-state index contributed by atoms with van der Waals surface area (Å²) >= 11 is 1.66. The van der Waals surface area contributed by atoms with Crippen molar-refractivity contribution in [2.24, 2.45) is 0 Å². The van der Waals surface area contributed by atoms with Crippen LogP contribution in [-0.2, 0) is 11.2 Å². The second-order valence-electron chi connectivity index (χ2n) is 4.57. The second kappa shape index (κ2) is 4.18. The van der Waals surface area contributed by atoms with Gasteiger partial charge in [0.05, 0.1) is 18.5 Å². The third kappa shape index (κ3) is 1.74. The molecule has 92 valence electrons. The third-order valence-electron chi connectivity index (χ3n) is 3.60. The first-order valence-electron chi connectivity index (χ1n) is 5.82. The zero-order chi connectivity index (χ0) is 11.9. The SMILES string of the molecule is COc1cccc2c1CC1(CCOCC1F)S2. The molecule has 0 saturated carbocycles. The van der Waals surface area contributed by atoms with E-state index in [1.54, 1.807) is 18.9 Å². The van der Waals surface area contributed by atoms with Gasteiger partial charge in [0.2, 0.25) is 0 Å². The van der Waals surface area contributed by atoms with Crippen LogP contribution in [-0.4, -0.2) is 31.2 Å². The third-order valence-corrected chi connectivity index (χ3v) is 5.22. The molecule has 0 N–H and O–H groups in total. The van der Waals surface area contributed by atoms with Crippen molar-refractivity contribution in [2.75, 3.05) is 20.3 Å². The Bertz CT molecular complexity index is 437. The van der Waals surface area contributed by atoms with Crippen LogP contribution < -0.4 is 4.74 Å². The van der Waals surface area contributed by atoms with Crippen LogP contribution in [0, 0.1) is 0 Å². The summed E-state index contributed by atoms with van der Waals surface area (Å²) in [5.74, 6) is 0.880. The zero-order valence-corrected chi connectivity index (χ0v) is 10.6. The van der Waals surface area contributed by atoms with Crippen molar-refractivity contribution >= 4 is 11.8 Å². The monoisotopic (exact) mass is 254 g/mol. The lowest BCUT2D eigenvalue weighted by molar-refractivity contribution is 0.0132. The topological polar surface area (TPSA) is 18.5 Å². The van der Waals surface area contributed by atoms with Crippen molar-refractivity contribution in [1.29, 1.82) is 0 Å². The molecule has 2 nitrogen and oxygen atoms in total. The van der Waals surface area contributed by atoms with Crippen LogP contribution in [0.25, 0.3) is 0 Å². The van der Waals surface area contributed by atoms with Gasteiger partial charge in [-0.25, -0.2) is 4.39 Å². The Labute approximate surface area is 104 Å². The maximum Gasteiger partial charge on any atom is 0.139 e. The van der Waals surface area contributed by atoms with E-state index < -0.39 is 6.17 Å². The van der Waals surface area contributed by atoms with Crippen LogP contribution in [0.15, 0.2) is 23.1 Å². The van der Waals surface area contributed by atoms with Gasteiger partial charge in [-0.15, -0.1) is 11.8 Å². The molecule has 0 amide bonds. The fourth-order valence-corrected chi connectivity index (χ4v) is 4.09. The average Bonchev–Trinajstić information content (AvgIpc) is 2.72. The largest absolute Gasteiger partial charge is 0.496 e. The molecule has 1 aromatic rings. The van der Waals surface area contributed by atoms with E-state index in [0.717, 1.165) is 29.1 Å². The normalized spacial score (nSPS) is 31.5. The molecule has 0 radical (unpaired) electrons. The first-order chi connectivity index (χ1) is 8.25. The summed E-state index contributed by atoms with van der Waals surface area (Å²) in [6.07, 6.45) is 0.636. The van der Waals surface area contributed by atoms with Gasteiger partial charge in [-0.1, -0.05) is 6.07 Å². The lowest BCUT2D eigenvalue weighted by Gasteiger charge is -2.35. The molecule has 1 fully saturated rings. The van der Waals surface area contributed by atoms with Crippen molar-refractivity contribution < 1.29 is 13.9 Å². The van der Waals surface area contributed by atoms with Crippen molar-refractivity contribution in [2.45, 2.75) is 28.7 Å². The Hall–Kier alpha value is -0.740. The van der Waals surface area contributed by atoms with Gasteiger partial charge < -0.3 is 9.47 Å². The molecule has 2 aliphatic rings. The van der Waals surface area contributed by atoms with Crippen molar-refractivity contribution in [1.82, 2.24) is 0 Å². The molecule has 3 rings (SSSR count). The summed E-state index contributed by atoms with van der Waals surface area (Å²) in [6, 6.07) is 5.97. The highest BCUT2D eigenvalue weighted by atomic mass is 32.2. The van der Waals surface area contributed by atoms with Crippen LogP contribution in [0.2, 0.25) is 0 Å². The molecule has 1 spiro atoms. The summed E-state index contributed by atoms with van der Waals surface area (Å²) in [4.78, 5) is 1.16. The summed E-state index contributed by atoms with van der Waals surface area (Å²) in [5.41, 5.74) is 1.16. The summed E-state index contributed by atoms with van der Waals surface area (Å²) in [5, 5.41) is 0. The van der Waals surface area contributed by atoms with Crippen LogP contribution >= 0.6 is 11.8 Å². The molecule has 17 heavy (non-hydrogen) atoms. The van der Waals surface area contributed by atoms with Crippen LogP contribution in [0.3, 0.4) is 0 Å². The second-order valence-corrected chi connectivity index (χ2v) is 6.03. The Balaban J connectivity index is 1.96. The van der Waals surface area contributed by atoms with Crippen molar-refractivity contribution in [3.05, 3.63) is 23.8 Å². The van der Waals surface area contributed by atoms with E-state index in [1.165, 1.54) is 0 Å². The number of halogens is 1. The van der Waals surface area contributed by atoms with Gasteiger partial charge in [0.1, 0.15) is 11.9 Å². The Morgan fingerprint density at radius 3 is 3.18 bits per heavy atom. The van der Waals surface area contributed by atoms with Crippen molar-refractivity contribution in [3.8, 4) is 5.75 Å². The maximum absolute atomic E-state index is 14.2. The van der Waals surface area contributed by atoms with Gasteiger partial charge in [0.15, 0.2) is 0 Å². The fourth-order valence-electron chi connectivity index (χ4n) is 2.62. The molecule has 2 heterocycles. The molecule has 1 saturated heterocycles. The molecule has 1 aromatic carbocycles. The molecule has 2 atom stereocenters. The van der Waals surface area contributed by atoms with Crippen molar-refractivity contribution in [3.63, 3.8) is 0 Å². The number of alkyl halides is 1. The number of fused-ring (bicyclic) bond motifs is 1. The number of methoxy groups -OCH3 is 1. The molecular weight excluding hydrogens is 239 g/mol. The summed E-state index contributed by atoms with van der Waals surface area (Å²) in [6.45, 7) is 0.882. The standard InChI is InChI=1S/C13H15FO2S/c1-15-10-3-2-4-11-9(10)7-13(17-11)5-6-16-8-12(13)14/h2-4,12H,5-8H2,1H3. The highest BCUT2D eigenvalue weighted by molar-refractivity contribution is 8.01. The lowest BCUT2D eigenvalue weighted by Crippen LogP contribution is -2.44. The van der Waals surface area contributed by atoms with E-state index in [9.17, 15) is 4.39 Å². The number of ether oxygens (including phenoxy) is 2. The first-order valence-corrected chi connectivity index (χ1v) is 6.63. The molecule has 4 heteroatoms. The lowest BCUT2D eigenvalue weighted by atomic mass is 9.90. The first kappa shape index (κ1) is 11.4. The van der Waals surface area contributed by atoms with Crippen LogP contribution in [0.1, 0.15) is 12.0 Å². The maximum atomic E-state index is 14.2. The van der Waals surface area contributed by atoms with Gasteiger partial charge in [0, 0.05) is 17.1 Å². The quantitative estimate of drug-likeness (QED) is 0.768. The van der Waals surface area contributed by atoms with E-state index in [-0.39, 0.29) is 11.4 Å². The molecule has 0 aromatic heterocycles. The number of rotatable bonds is 1. The highest BCUT2D eigenvalue weighted by Crippen LogP contribution is 2.53. The minimum absolute atomic E-state index is 0.226. The van der Waals surface area contributed by atoms with Crippen LogP contribution in [0.4, 0.5) is 4.39 Å². The Kier molecular flexibility index (Phi) is 2.79. The summed E-state index contributed by atoms with van der Waals surface area (Å²) in [7, 11) is 1.67. The number of benzene rings is 1. The number of hydrogen-bond acceptors (Lipinski definition) is 3. The number of hydrogen-bond donors (Lipinski definition) is 0. The van der Waals surface area contributed by atoms with Gasteiger partial charge in [0.25, 0.3) is 0 Å². The minimum Gasteiger partial charge on any atom is -0.496 e. The van der Waals surface area contributed by atoms with Crippen LogP contribution in [0.5, 0.6) is 5.75 Å². The fraction of sp³-hybridized carbons (Fsp3) is 0.538. The molecular formula is C13H15FO2S. The van der Waals surface area contributed by atoms with E-state index >= 15 is 0 Å². The van der Waals surface area contributed by atoms with Gasteiger partial charge in [-0.2, -0.15) is 0 Å². The molecule has 0 aliphatic carbocycles. The molecule has 0 bridgehead atoms. The van der Waals surface area contributed by atoms with Gasteiger partial charge in [-0.05, 0) is 25.0 Å². The van der Waals surface area contributed by atoms with E-state index in [1.807, 2.05) is 12.1 Å². The smallest absolute Gasteiger partial charge is 0.139 e. The highest BCUT2D eigenvalue weighted by Gasteiger charge is 2.48. The predicted molar refractivity (Wildman–Crippen MR) is 65.6 cm³/mol.